The van der Waals surface area contributed by atoms with Gasteiger partial charge in [-0.25, -0.2) is 0 Å². The maximum absolute atomic E-state index is 4.93. The molecule has 0 fully saturated rings. The van der Waals surface area contributed by atoms with E-state index >= 15 is 0 Å². The van der Waals surface area contributed by atoms with E-state index < -0.39 is 0 Å². The topological polar surface area (TPSA) is 51.8 Å². The van der Waals surface area contributed by atoms with Gasteiger partial charge in [-0.15, -0.1) is 0 Å². The van der Waals surface area contributed by atoms with Crippen LogP contribution in [0.15, 0.2) is 67.4 Å². The SMILES string of the molecule is Cn1ccc2c1CN(Cc1cccnc1)Cc1cn(Cc3ccccn3)nc1-2. The first-order valence-electron chi connectivity index (χ1n) is 9.48. The van der Waals surface area contributed by atoms with Gasteiger partial charge in [-0.05, 0) is 29.8 Å². The molecular weight excluding hydrogens is 348 g/mol. The van der Waals surface area contributed by atoms with E-state index in [0.717, 1.165) is 31.0 Å². The minimum atomic E-state index is 0.679. The maximum Gasteiger partial charge on any atom is 0.0986 e. The monoisotopic (exact) mass is 370 g/mol. The first-order chi connectivity index (χ1) is 13.8. The second kappa shape index (κ2) is 7.05. The highest BCUT2D eigenvalue weighted by molar-refractivity contribution is 5.66. The largest absolute Gasteiger partial charge is 0.353 e. The molecule has 6 heteroatoms. The van der Waals surface area contributed by atoms with Crippen LogP contribution in [0.2, 0.25) is 0 Å². The summed E-state index contributed by atoms with van der Waals surface area (Å²) in [5, 5.41) is 4.93. The Labute approximate surface area is 164 Å². The number of hydrogen-bond acceptors (Lipinski definition) is 4. The van der Waals surface area contributed by atoms with E-state index in [4.69, 9.17) is 5.10 Å². The van der Waals surface area contributed by atoms with Crippen molar-refractivity contribution in [1.82, 2.24) is 29.2 Å². The molecule has 0 unspecified atom stereocenters. The van der Waals surface area contributed by atoms with E-state index in [1.807, 2.05) is 47.5 Å². The van der Waals surface area contributed by atoms with Gasteiger partial charge in [0.05, 0.1) is 17.9 Å². The smallest absolute Gasteiger partial charge is 0.0986 e. The lowest BCUT2D eigenvalue weighted by molar-refractivity contribution is 0.245. The molecule has 0 spiro atoms. The molecule has 1 aliphatic rings. The molecular formula is C22H22N6. The summed E-state index contributed by atoms with van der Waals surface area (Å²) in [5.41, 5.74) is 7.10. The molecule has 4 aromatic rings. The molecule has 5 rings (SSSR count). The molecule has 0 N–H and O–H groups in total. The summed E-state index contributed by atoms with van der Waals surface area (Å²) < 4.78 is 4.22. The van der Waals surface area contributed by atoms with Crippen molar-refractivity contribution in [2.24, 2.45) is 7.05 Å². The third-order valence-corrected chi connectivity index (χ3v) is 5.24. The molecule has 0 aromatic carbocycles. The van der Waals surface area contributed by atoms with Crippen LogP contribution in [0, 0.1) is 0 Å². The number of nitrogens with zero attached hydrogens (tertiary/aromatic N) is 6. The van der Waals surface area contributed by atoms with Crippen molar-refractivity contribution in [2.75, 3.05) is 0 Å². The summed E-state index contributed by atoms with van der Waals surface area (Å²) in [5.74, 6) is 0. The van der Waals surface area contributed by atoms with E-state index in [-0.39, 0.29) is 0 Å². The van der Waals surface area contributed by atoms with Gasteiger partial charge in [0.25, 0.3) is 0 Å². The second-order valence-corrected chi connectivity index (χ2v) is 7.32. The Morgan fingerprint density at radius 1 is 1.00 bits per heavy atom. The van der Waals surface area contributed by atoms with Gasteiger partial charge in [0.15, 0.2) is 0 Å². The first kappa shape index (κ1) is 16.9. The Hall–Kier alpha value is -3.25. The van der Waals surface area contributed by atoms with E-state index in [0.29, 0.717) is 6.54 Å². The molecule has 0 aliphatic carbocycles. The van der Waals surface area contributed by atoms with Gasteiger partial charge in [0.1, 0.15) is 0 Å². The fourth-order valence-corrected chi connectivity index (χ4v) is 3.89. The van der Waals surface area contributed by atoms with E-state index in [1.165, 1.54) is 22.4 Å². The lowest BCUT2D eigenvalue weighted by Crippen LogP contribution is -2.22. The van der Waals surface area contributed by atoms with E-state index in [1.54, 1.807) is 0 Å². The zero-order valence-electron chi connectivity index (χ0n) is 15.9. The number of pyridine rings is 2. The summed E-state index contributed by atoms with van der Waals surface area (Å²) in [6.07, 6.45) is 9.89. The Kier molecular flexibility index (Phi) is 4.25. The zero-order chi connectivity index (χ0) is 18.9. The van der Waals surface area contributed by atoms with Gasteiger partial charge in [-0.2, -0.15) is 5.10 Å². The number of rotatable bonds is 4. The van der Waals surface area contributed by atoms with Crippen molar-refractivity contribution in [2.45, 2.75) is 26.2 Å². The average molecular weight is 370 g/mol. The minimum Gasteiger partial charge on any atom is -0.353 e. The van der Waals surface area contributed by atoms with Crippen molar-refractivity contribution in [3.63, 3.8) is 0 Å². The normalized spacial score (nSPS) is 13.8. The molecule has 0 amide bonds. The summed E-state index contributed by atoms with van der Waals surface area (Å²) >= 11 is 0. The predicted octanol–water partition coefficient (Wildman–Crippen LogP) is 3.24. The molecule has 140 valence electrons. The van der Waals surface area contributed by atoms with Gasteiger partial charge in [0, 0.05) is 74.5 Å². The van der Waals surface area contributed by atoms with Crippen LogP contribution >= 0.6 is 0 Å². The highest BCUT2D eigenvalue weighted by Gasteiger charge is 2.24. The van der Waals surface area contributed by atoms with Gasteiger partial charge in [0.2, 0.25) is 0 Å². The highest BCUT2D eigenvalue weighted by Crippen LogP contribution is 2.32. The maximum atomic E-state index is 4.93. The van der Waals surface area contributed by atoms with Crippen LogP contribution in [0.4, 0.5) is 0 Å². The molecule has 5 heterocycles. The van der Waals surface area contributed by atoms with Crippen LogP contribution in [0.25, 0.3) is 11.3 Å². The van der Waals surface area contributed by atoms with Crippen molar-refractivity contribution >= 4 is 0 Å². The standard InChI is InChI=1S/C22H22N6/c1-26-10-7-20-21(26)16-27(12-17-5-4-8-23-11-17)13-18-14-28(25-22(18)20)15-19-6-2-3-9-24-19/h2-11,14H,12-13,15-16H2,1H3. The zero-order valence-corrected chi connectivity index (χ0v) is 15.9. The number of hydrogen-bond donors (Lipinski definition) is 0. The molecule has 0 bridgehead atoms. The lowest BCUT2D eigenvalue weighted by atomic mass is 10.1. The predicted molar refractivity (Wildman–Crippen MR) is 107 cm³/mol. The first-order valence-corrected chi connectivity index (χ1v) is 9.48. The minimum absolute atomic E-state index is 0.679. The van der Waals surface area contributed by atoms with Crippen LogP contribution in [0.5, 0.6) is 0 Å². The number of fused-ring (bicyclic) bond motifs is 3. The number of aromatic nitrogens is 5. The molecule has 0 saturated heterocycles. The third-order valence-electron chi connectivity index (χ3n) is 5.24. The third kappa shape index (κ3) is 3.23. The Morgan fingerprint density at radius 2 is 1.96 bits per heavy atom. The summed E-state index contributed by atoms with van der Waals surface area (Å²) in [6, 6.07) is 12.3. The molecule has 0 radical (unpaired) electrons. The summed E-state index contributed by atoms with van der Waals surface area (Å²) in [7, 11) is 2.11. The van der Waals surface area contributed by atoms with Crippen LogP contribution in [0.3, 0.4) is 0 Å². The van der Waals surface area contributed by atoms with Gasteiger partial charge in [-0.3, -0.25) is 19.5 Å². The highest BCUT2D eigenvalue weighted by atomic mass is 15.3. The van der Waals surface area contributed by atoms with Gasteiger partial charge >= 0.3 is 0 Å². The molecule has 4 aromatic heterocycles. The van der Waals surface area contributed by atoms with Crippen LogP contribution in [-0.4, -0.2) is 29.2 Å². The molecule has 6 nitrogen and oxygen atoms in total. The summed E-state index contributed by atoms with van der Waals surface area (Å²) in [6.45, 7) is 3.30. The van der Waals surface area contributed by atoms with Crippen LogP contribution in [0.1, 0.15) is 22.5 Å². The quantitative estimate of drug-likeness (QED) is 0.553. The van der Waals surface area contributed by atoms with Crippen molar-refractivity contribution < 1.29 is 0 Å². The molecule has 28 heavy (non-hydrogen) atoms. The number of aryl methyl sites for hydroxylation is 1. The van der Waals surface area contributed by atoms with Crippen molar-refractivity contribution in [1.29, 1.82) is 0 Å². The van der Waals surface area contributed by atoms with Gasteiger partial charge in [-0.1, -0.05) is 12.1 Å². The Bertz CT molecular complexity index is 1080. The van der Waals surface area contributed by atoms with Gasteiger partial charge < -0.3 is 4.57 Å². The lowest BCUT2D eigenvalue weighted by Gasteiger charge is -2.21. The second-order valence-electron chi connectivity index (χ2n) is 7.32. The van der Waals surface area contributed by atoms with E-state index in [9.17, 15) is 0 Å². The average Bonchev–Trinajstić information content (AvgIpc) is 3.23. The van der Waals surface area contributed by atoms with Crippen molar-refractivity contribution in [3.05, 3.63) is 89.9 Å². The van der Waals surface area contributed by atoms with Crippen LogP contribution < -0.4 is 0 Å². The van der Waals surface area contributed by atoms with E-state index in [2.05, 4.69) is 51.0 Å². The Morgan fingerprint density at radius 3 is 2.79 bits per heavy atom. The molecule has 0 atom stereocenters. The Balaban J connectivity index is 1.50. The molecule has 1 aliphatic heterocycles. The summed E-state index contributed by atoms with van der Waals surface area (Å²) in [4.78, 5) is 11.2. The fraction of sp³-hybridized carbons (Fsp3) is 0.227. The van der Waals surface area contributed by atoms with Crippen LogP contribution in [-0.2, 0) is 33.2 Å². The fourth-order valence-electron chi connectivity index (χ4n) is 3.89. The molecule has 0 saturated carbocycles. The van der Waals surface area contributed by atoms with Crippen molar-refractivity contribution in [3.8, 4) is 11.3 Å².